The SMILES string of the molecule is CC[C@@H](OC[C@H](O)CN1CCC[C@H]1Cc1ccc(Cl)c(Cl)c1)c1cccc(OC)c1CCC(=O)O. The molecule has 1 aliphatic heterocycles. The van der Waals surface area contributed by atoms with Crippen molar-refractivity contribution in [2.75, 3.05) is 26.8 Å². The van der Waals surface area contributed by atoms with Crippen LogP contribution in [0.4, 0.5) is 0 Å². The van der Waals surface area contributed by atoms with Gasteiger partial charge in [0.15, 0.2) is 0 Å². The van der Waals surface area contributed by atoms with Crippen LogP contribution >= 0.6 is 23.2 Å². The molecule has 0 aliphatic carbocycles. The van der Waals surface area contributed by atoms with Crippen LogP contribution in [0.25, 0.3) is 0 Å². The van der Waals surface area contributed by atoms with Gasteiger partial charge >= 0.3 is 5.97 Å². The Morgan fingerprint density at radius 2 is 2.03 bits per heavy atom. The molecule has 2 aromatic carbocycles. The number of β-amino-alcohol motifs (C(OH)–C–C–N with tert-alkyl or cyclic N) is 1. The third kappa shape index (κ3) is 7.83. The molecular weight excluding hydrogens is 489 g/mol. The fourth-order valence-corrected chi connectivity index (χ4v) is 5.18. The molecule has 35 heavy (non-hydrogen) atoms. The van der Waals surface area contributed by atoms with E-state index in [1.54, 1.807) is 7.11 Å². The maximum Gasteiger partial charge on any atom is 0.303 e. The largest absolute Gasteiger partial charge is 0.496 e. The fourth-order valence-electron chi connectivity index (χ4n) is 4.86. The zero-order valence-electron chi connectivity index (χ0n) is 20.4. The fraction of sp³-hybridized carbons (Fsp3) is 0.519. The molecule has 1 aliphatic rings. The summed E-state index contributed by atoms with van der Waals surface area (Å²) in [5.41, 5.74) is 2.90. The number of likely N-dealkylation sites (tertiary alicyclic amines) is 1. The number of aliphatic hydroxyl groups is 1. The number of nitrogens with zero attached hydrogens (tertiary/aromatic N) is 1. The molecule has 2 aromatic rings. The Kier molecular flexibility index (Phi) is 10.7. The van der Waals surface area contributed by atoms with Crippen LogP contribution in [0.3, 0.4) is 0 Å². The summed E-state index contributed by atoms with van der Waals surface area (Å²) in [6.45, 7) is 3.69. The van der Waals surface area contributed by atoms with Crippen molar-refractivity contribution in [1.29, 1.82) is 0 Å². The van der Waals surface area contributed by atoms with Gasteiger partial charge in [0.2, 0.25) is 0 Å². The van der Waals surface area contributed by atoms with Gasteiger partial charge in [0, 0.05) is 24.6 Å². The van der Waals surface area contributed by atoms with E-state index in [2.05, 4.69) is 4.90 Å². The highest BCUT2D eigenvalue weighted by Crippen LogP contribution is 2.32. The molecule has 3 rings (SSSR count). The van der Waals surface area contributed by atoms with Crippen molar-refractivity contribution >= 4 is 29.2 Å². The standard InChI is InChI=1S/C27H35Cl2NO5/c1-3-25(21-7-4-8-26(34-2)22(21)10-12-27(32)33)35-17-20(31)16-30-13-5-6-19(30)14-18-9-11-23(28)24(29)15-18/h4,7-9,11,15,19-20,25,31H,3,5-6,10,12-14,16-17H2,1-2H3,(H,32,33)/t19-,20+,25+/m0/s1. The number of carbonyl (C=O) groups is 1. The first-order valence-corrected chi connectivity index (χ1v) is 12.9. The van der Waals surface area contributed by atoms with Crippen molar-refractivity contribution in [3.63, 3.8) is 0 Å². The molecule has 3 atom stereocenters. The Balaban J connectivity index is 1.60. The van der Waals surface area contributed by atoms with Gasteiger partial charge in [-0.3, -0.25) is 9.69 Å². The predicted molar refractivity (Wildman–Crippen MR) is 139 cm³/mol. The summed E-state index contributed by atoms with van der Waals surface area (Å²) in [4.78, 5) is 13.5. The summed E-state index contributed by atoms with van der Waals surface area (Å²) >= 11 is 12.2. The lowest BCUT2D eigenvalue weighted by molar-refractivity contribution is -0.136. The minimum absolute atomic E-state index is 0.0155. The summed E-state index contributed by atoms with van der Waals surface area (Å²) in [5, 5.41) is 21.1. The van der Waals surface area contributed by atoms with Crippen molar-refractivity contribution in [3.8, 4) is 5.75 Å². The maximum absolute atomic E-state index is 11.2. The number of rotatable bonds is 13. The van der Waals surface area contributed by atoms with E-state index in [4.69, 9.17) is 37.8 Å². The number of methoxy groups -OCH3 is 1. The van der Waals surface area contributed by atoms with Crippen molar-refractivity contribution < 1.29 is 24.5 Å². The summed E-state index contributed by atoms with van der Waals surface area (Å²) in [7, 11) is 1.58. The second-order valence-corrected chi connectivity index (χ2v) is 9.86. The highest BCUT2D eigenvalue weighted by Gasteiger charge is 2.27. The number of carboxylic acid groups (broad SMARTS) is 1. The number of carboxylic acids is 1. The van der Waals surface area contributed by atoms with E-state index in [0.717, 1.165) is 42.5 Å². The van der Waals surface area contributed by atoms with Gasteiger partial charge in [0.1, 0.15) is 5.75 Å². The lowest BCUT2D eigenvalue weighted by Gasteiger charge is -2.28. The van der Waals surface area contributed by atoms with E-state index in [0.29, 0.717) is 41.2 Å². The highest BCUT2D eigenvalue weighted by molar-refractivity contribution is 6.42. The van der Waals surface area contributed by atoms with Crippen molar-refractivity contribution in [1.82, 2.24) is 4.90 Å². The minimum atomic E-state index is -0.854. The first kappa shape index (κ1) is 27.8. The Hall–Kier alpha value is -1.83. The highest BCUT2D eigenvalue weighted by atomic mass is 35.5. The zero-order chi connectivity index (χ0) is 25.4. The van der Waals surface area contributed by atoms with Gasteiger partial charge in [-0.2, -0.15) is 0 Å². The summed E-state index contributed by atoms with van der Waals surface area (Å²) in [6, 6.07) is 11.8. The van der Waals surface area contributed by atoms with E-state index in [9.17, 15) is 9.90 Å². The minimum Gasteiger partial charge on any atom is -0.496 e. The van der Waals surface area contributed by atoms with Crippen LogP contribution in [0.1, 0.15) is 55.4 Å². The van der Waals surface area contributed by atoms with E-state index >= 15 is 0 Å². The molecule has 1 fully saturated rings. The molecule has 0 radical (unpaired) electrons. The molecule has 0 amide bonds. The van der Waals surface area contributed by atoms with Crippen LogP contribution in [-0.2, 0) is 22.4 Å². The number of hydrogen-bond donors (Lipinski definition) is 2. The lowest BCUT2D eigenvalue weighted by atomic mass is 9.96. The first-order valence-electron chi connectivity index (χ1n) is 12.2. The molecule has 8 heteroatoms. The molecule has 1 saturated heterocycles. The number of hydrogen-bond acceptors (Lipinski definition) is 5. The van der Waals surface area contributed by atoms with Gasteiger partial charge in [-0.1, -0.05) is 48.3 Å². The van der Waals surface area contributed by atoms with Crippen LogP contribution in [-0.4, -0.2) is 60.0 Å². The number of benzene rings is 2. The molecule has 2 N–H and O–H groups in total. The average molecular weight is 524 g/mol. The molecule has 0 aromatic heterocycles. The predicted octanol–water partition coefficient (Wildman–Crippen LogP) is 5.55. The van der Waals surface area contributed by atoms with E-state index in [1.165, 1.54) is 0 Å². The van der Waals surface area contributed by atoms with Crippen LogP contribution in [0, 0.1) is 0 Å². The molecule has 6 nitrogen and oxygen atoms in total. The molecule has 0 saturated carbocycles. The molecule has 1 heterocycles. The van der Waals surface area contributed by atoms with Crippen LogP contribution in [0.2, 0.25) is 10.0 Å². The second-order valence-electron chi connectivity index (χ2n) is 9.05. The molecule has 0 bridgehead atoms. The lowest BCUT2D eigenvalue weighted by Crippen LogP contribution is -2.39. The van der Waals surface area contributed by atoms with Crippen LogP contribution in [0.15, 0.2) is 36.4 Å². The van der Waals surface area contributed by atoms with Gasteiger partial charge < -0.3 is 19.7 Å². The third-order valence-corrected chi connectivity index (χ3v) is 7.32. The van der Waals surface area contributed by atoms with Crippen molar-refractivity contribution in [2.45, 2.75) is 63.7 Å². The number of halogens is 2. The topological polar surface area (TPSA) is 79.2 Å². The Morgan fingerprint density at radius 1 is 1.23 bits per heavy atom. The zero-order valence-corrected chi connectivity index (χ0v) is 21.9. The van der Waals surface area contributed by atoms with Crippen molar-refractivity contribution in [2.24, 2.45) is 0 Å². The number of ether oxygens (including phenoxy) is 2. The smallest absolute Gasteiger partial charge is 0.303 e. The Bertz CT molecular complexity index is 986. The van der Waals surface area contributed by atoms with Crippen LogP contribution in [0.5, 0.6) is 5.75 Å². The van der Waals surface area contributed by atoms with Gasteiger partial charge in [0.25, 0.3) is 0 Å². The maximum atomic E-state index is 11.2. The normalized spacial score (nSPS) is 17.9. The van der Waals surface area contributed by atoms with Crippen LogP contribution < -0.4 is 4.74 Å². The summed E-state index contributed by atoms with van der Waals surface area (Å²) in [6.07, 6.45) is 3.21. The summed E-state index contributed by atoms with van der Waals surface area (Å²) in [5.74, 6) is -0.194. The van der Waals surface area contributed by atoms with Gasteiger partial charge in [-0.15, -0.1) is 0 Å². The van der Waals surface area contributed by atoms with Crippen molar-refractivity contribution in [3.05, 3.63) is 63.1 Å². The molecule has 0 spiro atoms. The quantitative estimate of drug-likeness (QED) is 0.358. The molecule has 0 unspecified atom stereocenters. The molecular formula is C27H35Cl2NO5. The first-order chi connectivity index (χ1) is 16.8. The van der Waals surface area contributed by atoms with Gasteiger partial charge in [-0.25, -0.2) is 0 Å². The van der Waals surface area contributed by atoms with Gasteiger partial charge in [0.05, 0.1) is 36.0 Å². The third-order valence-electron chi connectivity index (χ3n) is 6.59. The Morgan fingerprint density at radius 3 is 2.71 bits per heavy atom. The van der Waals surface area contributed by atoms with E-state index in [1.807, 2.05) is 43.3 Å². The number of aliphatic carboxylic acids is 1. The van der Waals surface area contributed by atoms with Gasteiger partial charge in [-0.05, 0) is 68.0 Å². The summed E-state index contributed by atoms with van der Waals surface area (Å²) < 4.78 is 11.6. The van der Waals surface area contributed by atoms with E-state index < -0.39 is 12.1 Å². The monoisotopic (exact) mass is 523 g/mol. The number of aliphatic hydroxyl groups excluding tert-OH is 1. The second kappa shape index (κ2) is 13.5. The molecule has 192 valence electrons. The Labute approximate surface area is 217 Å². The average Bonchev–Trinajstić information content (AvgIpc) is 3.26. The van der Waals surface area contributed by atoms with E-state index in [-0.39, 0.29) is 19.1 Å².